The number of rotatable bonds is 3. The minimum absolute atomic E-state index is 0.228. The largest absolute Gasteiger partial charge is 0.385 e. The van der Waals surface area contributed by atoms with E-state index in [-0.39, 0.29) is 11.6 Å². The molecule has 0 saturated carbocycles. The van der Waals surface area contributed by atoms with Crippen molar-refractivity contribution in [3.8, 4) is 0 Å². The van der Waals surface area contributed by atoms with Gasteiger partial charge in [-0.3, -0.25) is 4.90 Å². The number of likely N-dealkylation sites (tertiary alicyclic amines) is 1. The van der Waals surface area contributed by atoms with Crippen LogP contribution >= 0.6 is 0 Å². The van der Waals surface area contributed by atoms with E-state index in [1.54, 1.807) is 24.3 Å². The van der Waals surface area contributed by atoms with Crippen LogP contribution in [-0.2, 0) is 19.2 Å². The maximum Gasteiger partial charge on any atom is 0.123 e. The maximum atomic E-state index is 13.6. The van der Waals surface area contributed by atoms with Crippen LogP contribution in [0.2, 0.25) is 0 Å². The molecule has 4 rings (SSSR count). The lowest BCUT2D eigenvalue weighted by Crippen LogP contribution is -2.42. The molecule has 1 fully saturated rings. The molecule has 3 nitrogen and oxygen atoms in total. The van der Waals surface area contributed by atoms with Crippen LogP contribution in [0.5, 0.6) is 0 Å². The van der Waals surface area contributed by atoms with Gasteiger partial charge in [-0.15, -0.1) is 0 Å². The highest BCUT2D eigenvalue weighted by atomic mass is 19.1. The van der Waals surface area contributed by atoms with E-state index in [0.29, 0.717) is 12.8 Å². The molecular weight excluding hydrogens is 334 g/mol. The van der Waals surface area contributed by atoms with Gasteiger partial charge in [0.1, 0.15) is 11.6 Å². The minimum Gasteiger partial charge on any atom is -0.385 e. The molecule has 0 aliphatic carbocycles. The molecule has 0 bridgehead atoms. The summed E-state index contributed by atoms with van der Waals surface area (Å²) in [7, 11) is 1.97. The number of benzene rings is 2. The Hall–Kier alpha value is -2.24. The monoisotopic (exact) mass is 356 g/mol. The minimum atomic E-state index is -0.908. The summed E-state index contributed by atoms with van der Waals surface area (Å²) in [5.74, 6) is -0.521. The summed E-state index contributed by atoms with van der Waals surface area (Å²) in [5.41, 5.74) is 1.97. The Morgan fingerprint density at radius 3 is 2.35 bits per heavy atom. The summed E-state index contributed by atoms with van der Waals surface area (Å²) in [6, 6.07) is 11.0. The van der Waals surface area contributed by atoms with Crippen molar-refractivity contribution >= 4 is 10.9 Å². The molecular formula is C21H22F2N2O. The van der Waals surface area contributed by atoms with Crippen molar-refractivity contribution in [1.82, 2.24) is 9.47 Å². The zero-order valence-corrected chi connectivity index (χ0v) is 14.8. The van der Waals surface area contributed by atoms with Crippen molar-refractivity contribution in [2.24, 2.45) is 7.05 Å². The number of hydrogen-bond donors (Lipinski definition) is 1. The average Bonchev–Trinajstić information content (AvgIpc) is 2.92. The molecule has 1 aliphatic heterocycles. The molecule has 1 aliphatic rings. The Morgan fingerprint density at radius 2 is 1.65 bits per heavy atom. The predicted molar refractivity (Wildman–Crippen MR) is 97.7 cm³/mol. The van der Waals surface area contributed by atoms with E-state index in [1.165, 1.54) is 18.2 Å². The first-order valence-electron chi connectivity index (χ1n) is 8.89. The molecule has 0 unspecified atom stereocenters. The van der Waals surface area contributed by atoms with E-state index in [1.807, 2.05) is 17.8 Å². The molecule has 26 heavy (non-hydrogen) atoms. The maximum absolute atomic E-state index is 13.6. The normalized spacial score (nSPS) is 17.7. The number of aromatic nitrogens is 1. The molecule has 2 aromatic carbocycles. The van der Waals surface area contributed by atoms with Gasteiger partial charge in [0.05, 0.1) is 5.60 Å². The van der Waals surface area contributed by atoms with Gasteiger partial charge in [0, 0.05) is 43.8 Å². The quantitative estimate of drug-likeness (QED) is 0.770. The summed E-state index contributed by atoms with van der Waals surface area (Å²) in [6.07, 6.45) is 3.24. The third-order valence-corrected chi connectivity index (χ3v) is 5.49. The lowest BCUT2D eigenvalue weighted by atomic mass is 9.84. The van der Waals surface area contributed by atoms with Crippen LogP contribution in [0.15, 0.2) is 48.7 Å². The van der Waals surface area contributed by atoms with Crippen LogP contribution < -0.4 is 0 Å². The second kappa shape index (κ2) is 6.49. The van der Waals surface area contributed by atoms with Crippen molar-refractivity contribution in [2.45, 2.75) is 25.0 Å². The van der Waals surface area contributed by atoms with Crippen LogP contribution in [0.25, 0.3) is 10.9 Å². The molecule has 5 heteroatoms. The van der Waals surface area contributed by atoms with Crippen molar-refractivity contribution in [3.63, 3.8) is 0 Å². The summed E-state index contributed by atoms with van der Waals surface area (Å²) >= 11 is 0. The van der Waals surface area contributed by atoms with Gasteiger partial charge in [0.2, 0.25) is 0 Å². The summed E-state index contributed by atoms with van der Waals surface area (Å²) in [5, 5.41) is 11.9. The molecule has 3 aromatic rings. The lowest BCUT2D eigenvalue weighted by molar-refractivity contribution is -0.0277. The lowest BCUT2D eigenvalue weighted by Gasteiger charge is -2.38. The third kappa shape index (κ3) is 3.13. The van der Waals surface area contributed by atoms with Crippen molar-refractivity contribution < 1.29 is 13.9 Å². The number of piperidine rings is 1. The number of fused-ring (bicyclic) bond motifs is 1. The summed E-state index contributed by atoms with van der Waals surface area (Å²) in [4.78, 5) is 2.28. The Morgan fingerprint density at radius 1 is 1.00 bits per heavy atom. The topological polar surface area (TPSA) is 28.4 Å². The van der Waals surface area contributed by atoms with E-state index in [4.69, 9.17) is 0 Å². The molecule has 2 heterocycles. The van der Waals surface area contributed by atoms with Gasteiger partial charge < -0.3 is 9.67 Å². The average molecular weight is 356 g/mol. The molecule has 1 aromatic heterocycles. The highest BCUT2D eigenvalue weighted by Gasteiger charge is 2.34. The Bertz CT molecular complexity index is 925. The Kier molecular flexibility index (Phi) is 4.29. The molecule has 1 N–H and O–H groups in total. The molecule has 0 atom stereocenters. The zero-order valence-electron chi connectivity index (χ0n) is 14.8. The summed E-state index contributed by atoms with van der Waals surface area (Å²) in [6.45, 7) is 2.19. The van der Waals surface area contributed by atoms with Crippen molar-refractivity contribution in [2.75, 3.05) is 13.1 Å². The second-order valence-electron chi connectivity index (χ2n) is 7.24. The van der Waals surface area contributed by atoms with Crippen molar-refractivity contribution in [3.05, 3.63) is 71.4 Å². The van der Waals surface area contributed by atoms with Crippen LogP contribution in [0.3, 0.4) is 0 Å². The van der Waals surface area contributed by atoms with Gasteiger partial charge in [-0.2, -0.15) is 0 Å². The Balaban J connectivity index is 1.49. The van der Waals surface area contributed by atoms with Crippen LogP contribution in [0, 0.1) is 11.6 Å². The Labute approximate surface area is 151 Å². The van der Waals surface area contributed by atoms with Crippen LogP contribution in [0.1, 0.15) is 24.0 Å². The highest BCUT2D eigenvalue weighted by Crippen LogP contribution is 2.34. The predicted octanol–water partition coefficient (Wildman–Crippen LogP) is 3.94. The van der Waals surface area contributed by atoms with Gasteiger partial charge in [-0.05, 0) is 54.3 Å². The van der Waals surface area contributed by atoms with Crippen LogP contribution in [-0.4, -0.2) is 27.7 Å². The fraction of sp³-hybridized carbons (Fsp3) is 0.333. The van der Waals surface area contributed by atoms with E-state index < -0.39 is 5.60 Å². The molecule has 1 saturated heterocycles. The first kappa shape index (κ1) is 17.2. The van der Waals surface area contributed by atoms with Crippen molar-refractivity contribution in [1.29, 1.82) is 0 Å². The van der Waals surface area contributed by atoms with E-state index >= 15 is 0 Å². The number of halogens is 2. The van der Waals surface area contributed by atoms with Gasteiger partial charge in [0.15, 0.2) is 0 Å². The van der Waals surface area contributed by atoms with Gasteiger partial charge in [-0.1, -0.05) is 12.1 Å². The van der Waals surface area contributed by atoms with E-state index in [9.17, 15) is 13.9 Å². The standard InChI is InChI=1S/C21H22F2N2O/c1-24-13-15(19-12-18(23)6-7-20(19)24)14-25-10-8-21(26,9-11-25)16-2-4-17(22)5-3-16/h2-7,12-13,26H,8-11,14H2,1H3. The SMILES string of the molecule is Cn1cc(CN2CCC(O)(c3ccc(F)cc3)CC2)c2cc(F)ccc21. The van der Waals surface area contributed by atoms with E-state index in [0.717, 1.165) is 41.7 Å². The van der Waals surface area contributed by atoms with Gasteiger partial charge in [-0.25, -0.2) is 8.78 Å². The van der Waals surface area contributed by atoms with Gasteiger partial charge in [0.25, 0.3) is 0 Å². The van der Waals surface area contributed by atoms with Crippen LogP contribution in [0.4, 0.5) is 8.78 Å². The van der Waals surface area contributed by atoms with E-state index in [2.05, 4.69) is 4.90 Å². The second-order valence-corrected chi connectivity index (χ2v) is 7.24. The molecule has 0 spiro atoms. The number of nitrogens with zero attached hydrogens (tertiary/aromatic N) is 2. The fourth-order valence-corrected chi connectivity index (χ4v) is 3.94. The zero-order chi connectivity index (χ0) is 18.3. The number of hydrogen-bond acceptors (Lipinski definition) is 2. The van der Waals surface area contributed by atoms with Gasteiger partial charge >= 0.3 is 0 Å². The molecule has 0 amide bonds. The molecule has 136 valence electrons. The number of aliphatic hydroxyl groups is 1. The first-order chi connectivity index (χ1) is 12.4. The summed E-state index contributed by atoms with van der Waals surface area (Å²) < 4.78 is 28.8. The number of aryl methyl sites for hydroxylation is 1. The third-order valence-electron chi connectivity index (χ3n) is 5.49. The highest BCUT2D eigenvalue weighted by molar-refractivity contribution is 5.84. The first-order valence-corrected chi connectivity index (χ1v) is 8.89. The fourth-order valence-electron chi connectivity index (χ4n) is 3.94. The molecule has 0 radical (unpaired) electrons. The smallest absolute Gasteiger partial charge is 0.123 e.